The number of Topliss-reactive ketones (excluding diaryl/α,β-unsaturated/α-hetero) is 1. The average Bonchev–Trinajstić information content (AvgIpc) is 2.90. The fourth-order valence-electron chi connectivity index (χ4n) is 2.94. The van der Waals surface area contributed by atoms with Crippen molar-refractivity contribution in [3.63, 3.8) is 0 Å². The molecule has 0 N–H and O–H groups in total. The fraction of sp³-hybridized carbons (Fsp3) is 0.467. The summed E-state index contributed by atoms with van der Waals surface area (Å²) in [6.45, 7) is 3.57. The molecule has 0 unspecified atom stereocenters. The van der Waals surface area contributed by atoms with Crippen LogP contribution in [0.25, 0.3) is 0 Å². The summed E-state index contributed by atoms with van der Waals surface area (Å²) in [4.78, 5) is 18.2. The molecule has 2 aliphatic rings. The Morgan fingerprint density at radius 3 is 2.86 bits per heavy atom. The fourth-order valence-corrected chi connectivity index (χ4v) is 5.63. The summed E-state index contributed by atoms with van der Waals surface area (Å²) in [5.74, 6) is 1.11. The Morgan fingerprint density at radius 2 is 2.18 bits per heavy atom. The Morgan fingerprint density at radius 1 is 1.41 bits per heavy atom. The van der Waals surface area contributed by atoms with Crippen molar-refractivity contribution >= 4 is 38.2 Å². The topological polar surface area (TPSA) is 66.8 Å². The Kier molecular flexibility index (Phi) is 4.03. The SMILES string of the molecule is CCSC1=N[C@H]2CS(=O)(=O)C[C@@H]2N1c1cccc(C(C)=O)c1. The Bertz CT molecular complexity index is 743. The van der Waals surface area contributed by atoms with E-state index in [0.717, 1.165) is 16.6 Å². The van der Waals surface area contributed by atoms with E-state index < -0.39 is 9.84 Å². The minimum absolute atomic E-state index is 0.00160. The van der Waals surface area contributed by atoms with Crippen LogP contribution in [0.1, 0.15) is 24.2 Å². The summed E-state index contributed by atoms with van der Waals surface area (Å²) >= 11 is 1.61. The lowest BCUT2D eigenvalue weighted by Gasteiger charge is -2.26. The lowest BCUT2D eigenvalue weighted by Crippen LogP contribution is -2.39. The average molecular weight is 338 g/mol. The van der Waals surface area contributed by atoms with Crippen LogP contribution in [-0.4, -0.2) is 48.7 Å². The second kappa shape index (κ2) is 5.70. The molecule has 0 spiro atoms. The van der Waals surface area contributed by atoms with Crippen molar-refractivity contribution in [2.75, 3.05) is 22.2 Å². The quantitative estimate of drug-likeness (QED) is 0.789. The van der Waals surface area contributed by atoms with Crippen LogP contribution in [0.4, 0.5) is 5.69 Å². The van der Waals surface area contributed by atoms with Gasteiger partial charge in [0, 0.05) is 11.3 Å². The lowest BCUT2D eigenvalue weighted by molar-refractivity contribution is 0.101. The van der Waals surface area contributed by atoms with Crippen molar-refractivity contribution in [2.24, 2.45) is 4.99 Å². The Labute approximate surface area is 134 Å². The number of benzene rings is 1. The van der Waals surface area contributed by atoms with E-state index in [2.05, 4.69) is 4.99 Å². The third kappa shape index (κ3) is 2.79. The molecular formula is C15H18N2O3S2. The highest BCUT2D eigenvalue weighted by Gasteiger charge is 2.47. The monoisotopic (exact) mass is 338 g/mol. The van der Waals surface area contributed by atoms with Gasteiger partial charge in [-0.25, -0.2) is 8.42 Å². The standard InChI is InChI=1S/C15H18N2O3S2/c1-3-21-15-16-13-8-22(19,20)9-14(13)17(15)12-6-4-5-11(7-12)10(2)18/h4-7,13-14H,3,8-9H2,1-2H3/t13-,14-/m0/s1. The molecule has 1 saturated heterocycles. The zero-order valence-corrected chi connectivity index (χ0v) is 14.2. The van der Waals surface area contributed by atoms with Crippen LogP contribution in [0.3, 0.4) is 0 Å². The number of amidine groups is 1. The van der Waals surface area contributed by atoms with Gasteiger partial charge >= 0.3 is 0 Å². The number of rotatable bonds is 3. The number of hydrogen-bond donors (Lipinski definition) is 0. The number of thioether (sulfide) groups is 1. The number of carbonyl (C=O) groups excluding carboxylic acids is 1. The summed E-state index contributed by atoms with van der Waals surface area (Å²) in [6.07, 6.45) is 0. The largest absolute Gasteiger partial charge is 0.315 e. The molecule has 5 nitrogen and oxygen atoms in total. The Hall–Kier alpha value is -1.34. The van der Waals surface area contributed by atoms with E-state index >= 15 is 0 Å². The van der Waals surface area contributed by atoms with Gasteiger partial charge in [-0.15, -0.1) is 0 Å². The Balaban J connectivity index is 2.01. The minimum Gasteiger partial charge on any atom is -0.315 e. The van der Waals surface area contributed by atoms with Crippen molar-refractivity contribution in [1.29, 1.82) is 0 Å². The van der Waals surface area contributed by atoms with Crippen molar-refractivity contribution in [3.05, 3.63) is 29.8 Å². The molecule has 1 aromatic rings. The van der Waals surface area contributed by atoms with Gasteiger partial charge in [0.1, 0.15) is 0 Å². The number of anilines is 1. The maximum absolute atomic E-state index is 11.9. The van der Waals surface area contributed by atoms with Crippen molar-refractivity contribution in [3.8, 4) is 0 Å². The predicted octanol–water partition coefficient (Wildman–Crippen LogP) is 1.98. The molecule has 2 heterocycles. The first-order chi connectivity index (χ1) is 10.4. The zero-order valence-electron chi connectivity index (χ0n) is 12.5. The van der Waals surface area contributed by atoms with E-state index in [1.807, 2.05) is 30.0 Å². The van der Waals surface area contributed by atoms with Crippen LogP contribution in [0, 0.1) is 0 Å². The van der Waals surface area contributed by atoms with E-state index in [4.69, 9.17) is 0 Å². The van der Waals surface area contributed by atoms with Gasteiger partial charge in [-0.1, -0.05) is 30.8 Å². The van der Waals surface area contributed by atoms with E-state index in [1.54, 1.807) is 17.8 Å². The highest BCUT2D eigenvalue weighted by atomic mass is 32.2. The van der Waals surface area contributed by atoms with E-state index in [0.29, 0.717) is 5.56 Å². The first kappa shape index (κ1) is 15.6. The van der Waals surface area contributed by atoms with Gasteiger partial charge in [-0.05, 0) is 24.8 Å². The van der Waals surface area contributed by atoms with Gasteiger partial charge in [0.25, 0.3) is 0 Å². The third-order valence-electron chi connectivity index (χ3n) is 3.91. The molecule has 118 valence electrons. The highest BCUT2D eigenvalue weighted by Crippen LogP contribution is 2.35. The molecule has 1 fully saturated rings. The van der Waals surface area contributed by atoms with E-state index in [9.17, 15) is 13.2 Å². The first-order valence-corrected chi connectivity index (χ1v) is 10.0. The molecular weight excluding hydrogens is 320 g/mol. The van der Waals surface area contributed by atoms with Crippen LogP contribution < -0.4 is 4.90 Å². The number of nitrogens with zero attached hydrogens (tertiary/aromatic N) is 2. The molecule has 0 aliphatic carbocycles. The van der Waals surface area contributed by atoms with Crippen molar-refractivity contribution in [2.45, 2.75) is 25.9 Å². The second-order valence-electron chi connectivity index (χ2n) is 5.53. The van der Waals surface area contributed by atoms with Gasteiger partial charge in [0.15, 0.2) is 20.8 Å². The summed E-state index contributed by atoms with van der Waals surface area (Å²) < 4.78 is 23.8. The van der Waals surface area contributed by atoms with Gasteiger partial charge in [-0.3, -0.25) is 9.79 Å². The summed E-state index contributed by atoms with van der Waals surface area (Å²) in [5.41, 5.74) is 1.47. The molecule has 0 saturated carbocycles. The maximum Gasteiger partial charge on any atom is 0.164 e. The van der Waals surface area contributed by atoms with E-state index in [-0.39, 0.29) is 29.4 Å². The molecule has 22 heavy (non-hydrogen) atoms. The van der Waals surface area contributed by atoms with Crippen molar-refractivity contribution < 1.29 is 13.2 Å². The smallest absolute Gasteiger partial charge is 0.164 e. The molecule has 7 heteroatoms. The van der Waals surface area contributed by atoms with E-state index in [1.165, 1.54) is 6.92 Å². The number of aliphatic imine (C=N–C) groups is 1. The summed E-state index contributed by atoms with van der Waals surface area (Å²) in [6, 6.07) is 6.99. The highest BCUT2D eigenvalue weighted by molar-refractivity contribution is 8.14. The summed E-state index contributed by atoms with van der Waals surface area (Å²) in [7, 11) is -3.04. The molecule has 0 bridgehead atoms. The van der Waals surface area contributed by atoms with Gasteiger partial charge < -0.3 is 4.90 Å². The number of fused-ring (bicyclic) bond motifs is 1. The molecule has 2 aliphatic heterocycles. The molecule has 0 aromatic heterocycles. The van der Waals surface area contributed by atoms with Gasteiger partial charge in [0.05, 0.1) is 23.6 Å². The molecule has 1 aromatic carbocycles. The van der Waals surface area contributed by atoms with Crippen LogP contribution >= 0.6 is 11.8 Å². The zero-order chi connectivity index (χ0) is 15.9. The van der Waals surface area contributed by atoms with Gasteiger partial charge in [-0.2, -0.15) is 0 Å². The lowest BCUT2D eigenvalue weighted by atomic mass is 10.1. The number of hydrogen-bond acceptors (Lipinski definition) is 6. The molecule has 0 amide bonds. The van der Waals surface area contributed by atoms with Crippen LogP contribution in [0.5, 0.6) is 0 Å². The number of carbonyl (C=O) groups is 1. The van der Waals surface area contributed by atoms with Crippen molar-refractivity contribution in [1.82, 2.24) is 0 Å². The van der Waals surface area contributed by atoms with Crippen LogP contribution in [0.2, 0.25) is 0 Å². The molecule has 3 rings (SSSR count). The third-order valence-corrected chi connectivity index (χ3v) is 6.46. The van der Waals surface area contributed by atoms with Crippen LogP contribution in [-0.2, 0) is 9.84 Å². The predicted molar refractivity (Wildman–Crippen MR) is 90.7 cm³/mol. The first-order valence-electron chi connectivity index (χ1n) is 7.22. The summed E-state index contributed by atoms with van der Waals surface area (Å²) in [5, 5.41) is 0.855. The maximum atomic E-state index is 11.9. The normalized spacial score (nSPS) is 25.9. The van der Waals surface area contributed by atoms with Crippen LogP contribution in [0.15, 0.2) is 29.3 Å². The van der Waals surface area contributed by atoms with Gasteiger partial charge in [0.2, 0.25) is 0 Å². The number of sulfone groups is 1. The number of ketones is 1. The molecule has 2 atom stereocenters. The second-order valence-corrected chi connectivity index (χ2v) is 8.92. The minimum atomic E-state index is -3.04. The molecule has 0 radical (unpaired) electrons.